The Balaban J connectivity index is 1.80. The van der Waals surface area contributed by atoms with Crippen LogP contribution >= 0.6 is 22.9 Å². The Kier molecular flexibility index (Phi) is 3.58. The van der Waals surface area contributed by atoms with Gasteiger partial charge < -0.3 is 10.2 Å². The predicted molar refractivity (Wildman–Crippen MR) is 61.6 cm³/mol. The summed E-state index contributed by atoms with van der Waals surface area (Å²) in [6.45, 7) is 0.395. The molecule has 2 heterocycles. The van der Waals surface area contributed by atoms with Gasteiger partial charge in [0.1, 0.15) is 0 Å². The SMILES string of the molecule is O=C(Nc1nccs1)C1CN(C(=O)C(F)Cl)C1. The van der Waals surface area contributed by atoms with E-state index < -0.39 is 11.5 Å². The molecule has 1 aliphatic heterocycles. The molecule has 1 aromatic heterocycles. The highest BCUT2D eigenvalue weighted by atomic mass is 35.5. The number of rotatable bonds is 3. The molecule has 0 saturated carbocycles. The van der Waals surface area contributed by atoms with Crippen molar-refractivity contribution in [1.29, 1.82) is 0 Å². The molecule has 0 aromatic carbocycles. The standard InChI is InChI=1S/C9H9ClFN3O2S/c10-6(11)8(16)14-3-5(4-14)7(15)13-9-12-1-2-17-9/h1-2,5-6H,3-4H2,(H,12,13,15). The second-order valence-electron chi connectivity index (χ2n) is 3.57. The van der Waals surface area contributed by atoms with E-state index in [-0.39, 0.29) is 24.9 Å². The minimum Gasteiger partial charge on any atom is -0.337 e. The summed E-state index contributed by atoms with van der Waals surface area (Å²) in [5.74, 6) is -1.32. The molecule has 1 N–H and O–H groups in total. The van der Waals surface area contributed by atoms with Crippen molar-refractivity contribution < 1.29 is 14.0 Å². The topological polar surface area (TPSA) is 62.3 Å². The number of aromatic nitrogens is 1. The molecule has 17 heavy (non-hydrogen) atoms. The highest BCUT2D eigenvalue weighted by Gasteiger charge is 2.38. The average Bonchev–Trinajstić information content (AvgIpc) is 2.67. The molecule has 8 heteroatoms. The molecule has 1 unspecified atom stereocenters. The van der Waals surface area contributed by atoms with Crippen molar-refractivity contribution in [2.24, 2.45) is 5.92 Å². The molecule has 0 bridgehead atoms. The molecule has 0 radical (unpaired) electrons. The van der Waals surface area contributed by atoms with Crippen LogP contribution in [0, 0.1) is 5.92 Å². The third-order valence-corrected chi connectivity index (χ3v) is 3.29. The normalized spacial score (nSPS) is 17.4. The second-order valence-corrected chi connectivity index (χ2v) is 4.85. The van der Waals surface area contributed by atoms with Crippen molar-refractivity contribution in [2.75, 3.05) is 18.4 Å². The summed E-state index contributed by atoms with van der Waals surface area (Å²) in [6, 6.07) is 0. The molecule has 1 aliphatic rings. The molecule has 1 saturated heterocycles. The largest absolute Gasteiger partial charge is 0.337 e. The quantitative estimate of drug-likeness (QED) is 0.841. The zero-order valence-electron chi connectivity index (χ0n) is 8.60. The number of alkyl halides is 2. The van der Waals surface area contributed by atoms with Crippen molar-refractivity contribution >= 4 is 39.9 Å². The summed E-state index contributed by atoms with van der Waals surface area (Å²) in [5.41, 5.74) is -2.03. The number of likely N-dealkylation sites (tertiary alicyclic amines) is 1. The van der Waals surface area contributed by atoms with Crippen LogP contribution in [0.3, 0.4) is 0 Å². The molecule has 0 spiro atoms. The van der Waals surface area contributed by atoms with Crippen LogP contribution in [0.2, 0.25) is 0 Å². The van der Waals surface area contributed by atoms with E-state index in [9.17, 15) is 14.0 Å². The van der Waals surface area contributed by atoms with Gasteiger partial charge in [0, 0.05) is 24.7 Å². The molecule has 2 rings (SSSR count). The van der Waals surface area contributed by atoms with Gasteiger partial charge in [0.25, 0.3) is 11.5 Å². The monoisotopic (exact) mass is 277 g/mol. The summed E-state index contributed by atoms with van der Waals surface area (Å²) >= 11 is 6.32. The molecule has 1 atom stereocenters. The van der Waals surface area contributed by atoms with Gasteiger partial charge in [0.2, 0.25) is 5.91 Å². The Morgan fingerprint density at radius 3 is 2.88 bits per heavy atom. The maximum Gasteiger partial charge on any atom is 0.272 e. The van der Waals surface area contributed by atoms with Crippen LogP contribution in [-0.2, 0) is 9.59 Å². The van der Waals surface area contributed by atoms with Crippen LogP contribution in [-0.4, -0.2) is 40.4 Å². The number of nitrogens with one attached hydrogen (secondary N) is 1. The summed E-state index contributed by atoms with van der Waals surface area (Å²) in [5, 5.41) is 4.87. The number of nitrogens with zero attached hydrogens (tertiary/aromatic N) is 2. The van der Waals surface area contributed by atoms with Gasteiger partial charge in [-0.25, -0.2) is 9.37 Å². The lowest BCUT2D eigenvalue weighted by atomic mass is 9.99. The summed E-state index contributed by atoms with van der Waals surface area (Å²) in [7, 11) is 0. The van der Waals surface area contributed by atoms with E-state index in [2.05, 4.69) is 10.3 Å². The van der Waals surface area contributed by atoms with Crippen molar-refractivity contribution in [3.05, 3.63) is 11.6 Å². The molecular formula is C9H9ClFN3O2S. The molecule has 0 aliphatic carbocycles. The first kappa shape index (κ1) is 12.3. The third-order valence-electron chi connectivity index (χ3n) is 2.41. The molecular weight excluding hydrogens is 269 g/mol. The number of halogens is 2. The first-order valence-corrected chi connectivity index (χ1v) is 6.17. The molecule has 2 amide bonds. The van der Waals surface area contributed by atoms with Crippen LogP contribution < -0.4 is 5.32 Å². The summed E-state index contributed by atoms with van der Waals surface area (Å²) < 4.78 is 12.5. The highest BCUT2D eigenvalue weighted by molar-refractivity contribution is 7.13. The van der Waals surface area contributed by atoms with Gasteiger partial charge >= 0.3 is 0 Å². The van der Waals surface area contributed by atoms with E-state index in [1.165, 1.54) is 16.2 Å². The lowest BCUT2D eigenvalue weighted by Gasteiger charge is -2.37. The molecule has 1 fully saturated rings. The van der Waals surface area contributed by atoms with Gasteiger partial charge in [0.05, 0.1) is 5.92 Å². The number of hydrogen-bond acceptors (Lipinski definition) is 4. The van der Waals surface area contributed by atoms with E-state index in [1.807, 2.05) is 0 Å². The van der Waals surface area contributed by atoms with Gasteiger partial charge in [0.15, 0.2) is 5.13 Å². The first-order chi connectivity index (χ1) is 8.08. The maximum atomic E-state index is 12.5. The van der Waals surface area contributed by atoms with Crippen molar-refractivity contribution in [2.45, 2.75) is 5.63 Å². The summed E-state index contributed by atoms with van der Waals surface area (Å²) in [4.78, 5) is 27.8. The fraction of sp³-hybridized carbons (Fsp3) is 0.444. The Hall–Kier alpha value is -1.21. The van der Waals surface area contributed by atoms with Crippen LogP contribution in [0.1, 0.15) is 0 Å². The van der Waals surface area contributed by atoms with Crippen molar-refractivity contribution in [3.8, 4) is 0 Å². The summed E-state index contributed by atoms with van der Waals surface area (Å²) in [6.07, 6.45) is 1.58. The van der Waals surface area contributed by atoms with Gasteiger partial charge in [-0.15, -0.1) is 11.3 Å². The van der Waals surface area contributed by atoms with E-state index in [1.54, 1.807) is 11.6 Å². The maximum absolute atomic E-state index is 12.5. The van der Waals surface area contributed by atoms with Gasteiger partial charge in [-0.3, -0.25) is 9.59 Å². The highest BCUT2D eigenvalue weighted by Crippen LogP contribution is 2.21. The fourth-order valence-electron chi connectivity index (χ4n) is 1.45. The van der Waals surface area contributed by atoms with E-state index in [0.29, 0.717) is 5.13 Å². The first-order valence-electron chi connectivity index (χ1n) is 4.85. The zero-order chi connectivity index (χ0) is 12.4. The second kappa shape index (κ2) is 4.97. The zero-order valence-corrected chi connectivity index (χ0v) is 10.2. The van der Waals surface area contributed by atoms with Crippen LogP contribution in [0.4, 0.5) is 9.52 Å². The third kappa shape index (κ3) is 2.73. The van der Waals surface area contributed by atoms with Gasteiger partial charge in [-0.1, -0.05) is 11.6 Å². The van der Waals surface area contributed by atoms with Crippen LogP contribution in [0.25, 0.3) is 0 Å². The number of amides is 2. The van der Waals surface area contributed by atoms with Crippen LogP contribution in [0.15, 0.2) is 11.6 Å². The Bertz CT molecular complexity index is 420. The fourth-order valence-corrected chi connectivity index (χ4v) is 2.12. The molecule has 5 nitrogen and oxygen atoms in total. The lowest BCUT2D eigenvalue weighted by Crippen LogP contribution is -2.55. The Labute approximate surface area is 106 Å². The predicted octanol–water partition coefficient (Wildman–Crippen LogP) is 1.07. The molecule has 1 aromatic rings. The Morgan fingerprint density at radius 2 is 2.35 bits per heavy atom. The minimum absolute atomic E-state index is 0.198. The minimum atomic E-state index is -2.03. The number of hydrogen-bond donors (Lipinski definition) is 1. The average molecular weight is 278 g/mol. The number of thiazole rings is 1. The van der Waals surface area contributed by atoms with Gasteiger partial charge in [-0.2, -0.15) is 0 Å². The Morgan fingerprint density at radius 1 is 1.65 bits per heavy atom. The van der Waals surface area contributed by atoms with E-state index in [0.717, 1.165) is 0 Å². The van der Waals surface area contributed by atoms with Crippen LogP contribution in [0.5, 0.6) is 0 Å². The van der Waals surface area contributed by atoms with Gasteiger partial charge in [-0.05, 0) is 0 Å². The van der Waals surface area contributed by atoms with E-state index in [4.69, 9.17) is 11.6 Å². The van der Waals surface area contributed by atoms with E-state index >= 15 is 0 Å². The lowest BCUT2D eigenvalue weighted by molar-refractivity contribution is -0.143. The number of carbonyl (C=O) groups is 2. The number of carbonyl (C=O) groups excluding carboxylic acids is 2. The smallest absolute Gasteiger partial charge is 0.272 e. The van der Waals surface area contributed by atoms with Crippen molar-refractivity contribution in [1.82, 2.24) is 9.88 Å². The molecule has 92 valence electrons. The number of anilines is 1. The van der Waals surface area contributed by atoms with Crippen molar-refractivity contribution in [3.63, 3.8) is 0 Å².